The van der Waals surface area contributed by atoms with Crippen LogP contribution in [-0.2, 0) is 6.18 Å². The highest BCUT2D eigenvalue weighted by Gasteiger charge is 2.33. The first kappa shape index (κ1) is 26.7. The molecule has 14 heteroatoms. The number of aromatic nitrogens is 4. The van der Waals surface area contributed by atoms with Crippen LogP contribution in [0.1, 0.15) is 21.5 Å². The number of anilines is 2. The first-order chi connectivity index (χ1) is 19.0. The van der Waals surface area contributed by atoms with E-state index < -0.39 is 45.8 Å². The van der Waals surface area contributed by atoms with Crippen molar-refractivity contribution >= 4 is 45.8 Å². The predicted octanol–water partition coefficient (Wildman–Crippen LogP) is 6.85. The molecular formula is C26H14ClF5N6O2. The van der Waals surface area contributed by atoms with Crippen molar-refractivity contribution in [3.05, 3.63) is 100 Å². The quantitative estimate of drug-likeness (QED) is 0.158. The van der Waals surface area contributed by atoms with Crippen molar-refractivity contribution in [3.63, 3.8) is 0 Å². The van der Waals surface area contributed by atoms with Crippen molar-refractivity contribution in [1.29, 1.82) is 0 Å². The number of carbonyl (C=O) groups excluding carboxylic acids is 2. The highest BCUT2D eigenvalue weighted by molar-refractivity contribution is 6.31. The summed E-state index contributed by atoms with van der Waals surface area (Å²) < 4.78 is 68.4. The molecule has 0 bridgehead atoms. The summed E-state index contributed by atoms with van der Waals surface area (Å²) in [5.74, 6) is -3.80. The second-order valence-electron chi connectivity index (χ2n) is 8.37. The third-order valence-corrected chi connectivity index (χ3v) is 5.99. The van der Waals surface area contributed by atoms with Gasteiger partial charge in [-0.1, -0.05) is 11.6 Å². The lowest BCUT2D eigenvalue weighted by molar-refractivity contribution is -0.137. The standard InChI is InChI=1S/C26H14ClF5N6O2/c27-18-3-2-14(7-17(18)26(30,31)32)36-25(40)37-15-6-16(23(29)19(28)8-15)24(39)12-1-4-20-21(5-12)38-22(11-33-20)13-9-34-35-10-13/h1-11H,(H,34,35)(H2,36,37,40). The van der Waals surface area contributed by atoms with Crippen LogP contribution in [-0.4, -0.2) is 32.0 Å². The van der Waals surface area contributed by atoms with Gasteiger partial charge in [0.15, 0.2) is 17.4 Å². The van der Waals surface area contributed by atoms with Gasteiger partial charge in [-0.25, -0.2) is 18.6 Å². The molecule has 0 spiro atoms. The molecule has 0 fully saturated rings. The zero-order valence-corrected chi connectivity index (χ0v) is 20.5. The maximum atomic E-state index is 14.7. The van der Waals surface area contributed by atoms with Crippen LogP contribution in [0.4, 0.5) is 38.1 Å². The normalized spacial score (nSPS) is 11.4. The minimum absolute atomic E-state index is 0.0353. The Morgan fingerprint density at radius 1 is 0.900 bits per heavy atom. The fourth-order valence-corrected chi connectivity index (χ4v) is 4.00. The topological polar surface area (TPSA) is 113 Å². The van der Waals surface area contributed by atoms with Gasteiger partial charge in [0.1, 0.15) is 0 Å². The summed E-state index contributed by atoms with van der Waals surface area (Å²) in [6.07, 6.45) is -0.132. The Balaban J connectivity index is 1.40. The number of hydrogen-bond acceptors (Lipinski definition) is 5. The van der Waals surface area contributed by atoms with E-state index in [1.54, 1.807) is 6.20 Å². The van der Waals surface area contributed by atoms with Crippen molar-refractivity contribution in [2.45, 2.75) is 6.18 Å². The van der Waals surface area contributed by atoms with Crippen LogP contribution in [0, 0.1) is 11.6 Å². The SMILES string of the molecule is O=C(Nc1cc(F)c(F)c(C(=O)c2ccc3ncc(-c4cn[nH]c4)nc3c2)c1)Nc1ccc(Cl)c(C(F)(F)F)c1. The van der Waals surface area contributed by atoms with Gasteiger partial charge in [-0.05, 0) is 42.5 Å². The first-order valence-corrected chi connectivity index (χ1v) is 11.6. The summed E-state index contributed by atoms with van der Waals surface area (Å²) in [5, 5.41) is 10.2. The van der Waals surface area contributed by atoms with E-state index in [9.17, 15) is 31.5 Å². The molecule has 5 aromatic rings. The molecule has 0 atom stereocenters. The fourth-order valence-electron chi connectivity index (χ4n) is 3.78. The smallest absolute Gasteiger partial charge is 0.308 e. The van der Waals surface area contributed by atoms with Crippen LogP contribution in [0.15, 0.2) is 67.1 Å². The zero-order chi connectivity index (χ0) is 28.6. The Morgan fingerprint density at radius 2 is 1.68 bits per heavy atom. The predicted molar refractivity (Wildman–Crippen MR) is 136 cm³/mol. The number of benzene rings is 3. The molecule has 0 unspecified atom stereocenters. The molecule has 0 aliphatic carbocycles. The maximum Gasteiger partial charge on any atom is 0.417 e. The Morgan fingerprint density at radius 3 is 2.40 bits per heavy atom. The number of carbonyl (C=O) groups is 2. The van der Waals surface area contributed by atoms with Crippen molar-refractivity contribution < 1.29 is 31.5 Å². The highest BCUT2D eigenvalue weighted by atomic mass is 35.5. The molecule has 8 nitrogen and oxygen atoms in total. The van der Waals surface area contributed by atoms with Crippen LogP contribution in [0.3, 0.4) is 0 Å². The number of fused-ring (bicyclic) bond motifs is 1. The molecule has 3 aromatic carbocycles. The third kappa shape index (κ3) is 5.45. The minimum atomic E-state index is -4.77. The van der Waals surface area contributed by atoms with Gasteiger partial charge in [-0.3, -0.25) is 14.9 Å². The van der Waals surface area contributed by atoms with E-state index in [-0.39, 0.29) is 16.9 Å². The molecule has 0 radical (unpaired) electrons. The van der Waals surface area contributed by atoms with E-state index in [0.717, 1.165) is 18.2 Å². The van der Waals surface area contributed by atoms with Crippen molar-refractivity contribution in [2.24, 2.45) is 0 Å². The number of halogens is 6. The third-order valence-electron chi connectivity index (χ3n) is 5.66. The average molecular weight is 573 g/mol. The summed E-state index contributed by atoms with van der Waals surface area (Å²) >= 11 is 5.57. The zero-order valence-electron chi connectivity index (χ0n) is 19.8. The minimum Gasteiger partial charge on any atom is -0.308 e. The lowest BCUT2D eigenvalue weighted by Gasteiger charge is -2.13. The lowest BCUT2D eigenvalue weighted by Crippen LogP contribution is -2.20. The van der Waals surface area contributed by atoms with Crippen LogP contribution < -0.4 is 10.6 Å². The monoisotopic (exact) mass is 572 g/mol. The first-order valence-electron chi connectivity index (χ1n) is 11.2. The molecule has 0 saturated heterocycles. The van der Waals surface area contributed by atoms with Crippen LogP contribution >= 0.6 is 11.6 Å². The molecule has 2 heterocycles. The van der Waals surface area contributed by atoms with Crippen LogP contribution in [0.5, 0.6) is 0 Å². The van der Waals surface area contributed by atoms with Crippen molar-refractivity contribution in [2.75, 3.05) is 10.6 Å². The van der Waals surface area contributed by atoms with Crippen molar-refractivity contribution in [1.82, 2.24) is 20.2 Å². The van der Waals surface area contributed by atoms with Gasteiger partial charge < -0.3 is 10.6 Å². The molecule has 2 aromatic heterocycles. The molecule has 5 rings (SSSR count). The Hall–Kier alpha value is -4.91. The number of amides is 2. The number of rotatable bonds is 5. The molecule has 40 heavy (non-hydrogen) atoms. The molecule has 0 aliphatic heterocycles. The average Bonchev–Trinajstić information content (AvgIpc) is 3.45. The Kier molecular flexibility index (Phi) is 6.90. The number of nitrogens with zero attached hydrogens (tertiary/aromatic N) is 3. The summed E-state index contributed by atoms with van der Waals surface area (Å²) in [5.41, 5.74) is -0.643. The molecule has 3 N–H and O–H groups in total. The summed E-state index contributed by atoms with van der Waals surface area (Å²) in [6, 6.07) is 7.34. The van der Waals surface area contributed by atoms with E-state index in [4.69, 9.17) is 11.6 Å². The summed E-state index contributed by atoms with van der Waals surface area (Å²) in [6.45, 7) is 0. The van der Waals surface area contributed by atoms with Gasteiger partial charge in [-0.2, -0.15) is 18.3 Å². The maximum absolute atomic E-state index is 14.7. The molecule has 202 valence electrons. The van der Waals surface area contributed by atoms with Gasteiger partial charge in [0.2, 0.25) is 0 Å². The van der Waals surface area contributed by atoms with Crippen molar-refractivity contribution in [3.8, 4) is 11.3 Å². The molecule has 0 aliphatic rings. The van der Waals surface area contributed by atoms with Crippen LogP contribution in [0.25, 0.3) is 22.3 Å². The number of urea groups is 1. The largest absolute Gasteiger partial charge is 0.417 e. The van der Waals surface area contributed by atoms with Gasteiger partial charge in [0.05, 0.1) is 45.3 Å². The lowest BCUT2D eigenvalue weighted by atomic mass is 10.0. The summed E-state index contributed by atoms with van der Waals surface area (Å²) in [7, 11) is 0. The van der Waals surface area contributed by atoms with Gasteiger partial charge in [0, 0.05) is 34.8 Å². The number of alkyl halides is 3. The number of aromatic amines is 1. The number of ketones is 1. The molecule has 2 amide bonds. The Bertz CT molecular complexity index is 1780. The van der Waals surface area contributed by atoms with Gasteiger partial charge in [0.25, 0.3) is 0 Å². The van der Waals surface area contributed by atoms with E-state index in [2.05, 4.69) is 30.8 Å². The number of hydrogen-bond donors (Lipinski definition) is 3. The fraction of sp³-hybridized carbons (Fsp3) is 0.0385. The van der Waals surface area contributed by atoms with Crippen LogP contribution in [0.2, 0.25) is 5.02 Å². The van der Waals surface area contributed by atoms with E-state index in [1.165, 1.54) is 30.6 Å². The molecular weight excluding hydrogens is 559 g/mol. The molecule has 0 saturated carbocycles. The Labute approximate surface area is 226 Å². The van der Waals surface area contributed by atoms with Gasteiger partial charge in [-0.15, -0.1) is 0 Å². The van der Waals surface area contributed by atoms with E-state index >= 15 is 0 Å². The second kappa shape index (κ2) is 10.3. The van der Waals surface area contributed by atoms with E-state index in [0.29, 0.717) is 34.4 Å². The highest BCUT2D eigenvalue weighted by Crippen LogP contribution is 2.36. The van der Waals surface area contributed by atoms with E-state index in [1.807, 2.05) is 0 Å². The van der Waals surface area contributed by atoms with Gasteiger partial charge >= 0.3 is 12.2 Å². The second-order valence-corrected chi connectivity index (χ2v) is 8.77. The summed E-state index contributed by atoms with van der Waals surface area (Å²) in [4.78, 5) is 34.2. The number of H-pyrrole nitrogens is 1. The number of nitrogens with one attached hydrogen (secondary N) is 3.